The van der Waals surface area contributed by atoms with Crippen molar-refractivity contribution in [3.05, 3.63) is 28.5 Å². The lowest BCUT2D eigenvalue weighted by Crippen LogP contribution is -2.39. The predicted molar refractivity (Wildman–Crippen MR) is 86.8 cm³/mol. The third-order valence-electron chi connectivity index (χ3n) is 4.62. The lowest BCUT2D eigenvalue weighted by Gasteiger charge is -2.40. The molecule has 20 heavy (non-hydrogen) atoms. The summed E-state index contributed by atoms with van der Waals surface area (Å²) < 4.78 is 3.48. The average molecular weight is 336 g/mol. The van der Waals surface area contributed by atoms with Crippen molar-refractivity contribution in [2.24, 2.45) is 11.1 Å². The highest BCUT2D eigenvalue weighted by atomic mass is 79.9. The number of fused-ring (bicyclic) bond motifs is 1. The van der Waals surface area contributed by atoms with Gasteiger partial charge in [0.15, 0.2) is 0 Å². The normalized spacial score (nSPS) is 17.4. The van der Waals surface area contributed by atoms with Crippen molar-refractivity contribution in [1.82, 2.24) is 9.55 Å². The second-order valence-corrected chi connectivity index (χ2v) is 6.96. The van der Waals surface area contributed by atoms with Gasteiger partial charge in [0.25, 0.3) is 0 Å². The Hall–Kier alpha value is -0.870. The quantitative estimate of drug-likeness (QED) is 0.900. The molecule has 108 valence electrons. The van der Waals surface area contributed by atoms with Crippen LogP contribution in [0.2, 0.25) is 0 Å². The van der Waals surface area contributed by atoms with E-state index in [1.807, 2.05) is 0 Å². The van der Waals surface area contributed by atoms with Gasteiger partial charge >= 0.3 is 0 Å². The summed E-state index contributed by atoms with van der Waals surface area (Å²) >= 11 is 3.54. The highest BCUT2D eigenvalue weighted by Crippen LogP contribution is 2.43. The van der Waals surface area contributed by atoms with Crippen molar-refractivity contribution in [1.29, 1.82) is 0 Å². The lowest BCUT2D eigenvalue weighted by molar-refractivity contribution is 0.140. The maximum atomic E-state index is 6.01. The molecule has 1 fully saturated rings. The fourth-order valence-electron chi connectivity index (χ4n) is 3.23. The highest BCUT2D eigenvalue weighted by molar-refractivity contribution is 9.10. The first-order valence-electron chi connectivity index (χ1n) is 7.52. The Kier molecular flexibility index (Phi) is 3.87. The molecule has 1 aromatic carbocycles. The molecule has 0 unspecified atom stereocenters. The number of hydrogen-bond acceptors (Lipinski definition) is 2. The molecule has 1 aromatic heterocycles. The Morgan fingerprint density at radius 1 is 1.40 bits per heavy atom. The van der Waals surface area contributed by atoms with E-state index in [1.165, 1.54) is 30.6 Å². The predicted octanol–water partition coefficient (Wildman–Crippen LogP) is 3.88. The van der Waals surface area contributed by atoms with Crippen molar-refractivity contribution >= 4 is 27.0 Å². The molecule has 0 amide bonds. The standard InChI is InChI=1S/C16H22BrN3/c1-2-8-20-14-5-4-12(17)9-13(14)19-15(20)10-16(11-18)6-3-7-16/h4-5,9H,2-3,6-8,10-11,18H2,1H3. The molecular weight excluding hydrogens is 314 g/mol. The van der Waals surface area contributed by atoms with Crippen molar-refractivity contribution in [3.8, 4) is 0 Å². The number of aromatic nitrogens is 2. The number of hydrogen-bond donors (Lipinski definition) is 1. The van der Waals surface area contributed by atoms with E-state index in [0.717, 1.165) is 35.9 Å². The van der Waals surface area contributed by atoms with Crippen LogP contribution in [-0.4, -0.2) is 16.1 Å². The van der Waals surface area contributed by atoms with Crippen LogP contribution in [0.1, 0.15) is 38.4 Å². The molecule has 4 heteroatoms. The molecule has 2 N–H and O–H groups in total. The summed E-state index contributed by atoms with van der Waals surface area (Å²) in [5.41, 5.74) is 8.66. The molecule has 0 radical (unpaired) electrons. The summed E-state index contributed by atoms with van der Waals surface area (Å²) in [5.74, 6) is 1.21. The molecule has 3 rings (SSSR count). The average Bonchev–Trinajstić information content (AvgIpc) is 2.71. The van der Waals surface area contributed by atoms with Gasteiger partial charge in [-0.1, -0.05) is 29.3 Å². The van der Waals surface area contributed by atoms with Gasteiger partial charge in [0.05, 0.1) is 11.0 Å². The molecule has 1 aliphatic carbocycles. The minimum Gasteiger partial charge on any atom is -0.330 e. The summed E-state index contributed by atoms with van der Waals surface area (Å²) in [4.78, 5) is 4.88. The molecule has 0 spiro atoms. The van der Waals surface area contributed by atoms with Crippen molar-refractivity contribution in [2.45, 2.75) is 45.6 Å². The SMILES string of the molecule is CCCn1c(CC2(CN)CCC2)nc2cc(Br)ccc21. The molecule has 0 bridgehead atoms. The van der Waals surface area contributed by atoms with Crippen LogP contribution in [0.4, 0.5) is 0 Å². The van der Waals surface area contributed by atoms with E-state index in [0.29, 0.717) is 5.41 Å². The summed E-state index contributed by atoms with van der Waals surface area (Å²) in [6.45, 7) is 4.04. The van der Waals surface area contributed by atoms with Crippen LogP contribution in [-0.2, 0) is 13.0 Å². The number of nitrogens with zero attached hydrogens (tertiary/aromatic N) is 2. The largest absolute Gasteiger partial charge is 0.330 e. The van der Waals surface area contributed by atoms with Crippen LogP contribution >= 0.6 is 15.9 Å². The number of nitrogens with two attached hydrogens (primary N) is 1. The Bertz CT molecular complexity index is 608. The zero-order chi connectivity index (χ0) is 14.2. The van der Waals surface area contributed by atoms with E-state index in [9.17, 15) is 0 Å². The molecule has 2 aromatic rings. The number of benzene rings is 1. The molecule has 1 heterocycles. The van der Waals surface area contributed by atoms with Gasteiger partial charge in [-0.3, -0.25) is 0 Å². The van der Waals surface area contributed by atoms with Gasteiger partial charge in [0, 0.05) is 17.4 Å². The molecule has 0 aliphatic heterocycles. The maximum Gasteiger partial charge on any atom is 0.110 e. The molecule has 1 aliphatic rings. The molecule has 1 saturated carbocycles. The topological polar surface area (TPSA) is 43.8 Å². The van der Waals surface area contributed by atoms with Gasteiger partial charge < -0.3 is 10.3 Å². The van der Waals surface area contributed by atoms with Gasteiger partial charge in [-0.2, -0.15) is 0 Å². The third kappa shape index (κ3) is 2.40. The van der Waals surface area contributed by atoms with Crippen molar-refractivity contribution in [2.75, 3.05) is 6.54 Å². The van der Waals surface area contributed by atoms with E-state index in [-0.39, 0.29) is 0 Å². The number of aryl methyl sites for hydroxylation is 1. The highest BCUT2D eigenvalue weighted by Gasteiger charge is 2.37. The number of rotatable bonds is 5. The van der Waals surface area contributed by atoms with Gasteiger partial charge in [0.2, 0.25) is 0 Å². The Labute approximate surface area is 128 Å². The number of imidazole rings is 1. The minimum absolute atomic E-state index is 0.310. The Morgan fingerprint density at radius 2 is 2.20 bits per heavy atom. The summed E-state index contributed by atoms with van der Waals surface area (Å²) in [7, 11) is 0. The van der Waals surface area contributed by atoms with Gasteiger partial charge in [-0.05, 0) is 49.4 Å². The Balaban J connectivity index is 2.02. The minimum atomic E-state index is 0.310. The van der Waals surface area contributed by atoms with E-state index >= 15 is 0 Å². The molecular formula is C16H22BrN3. The first-order valence-corrected chi connectivity index (χ1v) is 8.31. The lowest BCUT2D eigenvalue weighted by atomic mass is 9.66. The first-order chi connectivity index (χ1) is 9.67. The number of halogens is 1. The van der Waals surface area contributed by atoms with Crippen LogP contribution in [0.15, 0.2) is 22.7 Å². The van der Waals surface area contributed by atoms with E-state index in [1.54, 1.807) is 0 Å². The summed E-state index contributed by atoms with van der Waals surface area (Å²) in [6.07, 6.45) is 5.97. The van der Waals surface area contributed by atoms with Crippen LogP contribution in [0, 0.1) is 5.41 Å². The summed E-state index contributed by atoms with van der Waals surface area (Å²) in [5, 5.41) is 0. The van der Waals surface area contributed by atoms with E-state index in [4.69, 9.17) is 10.7 Å². The van der Waals surface area contributed by atoms with E-state index in [2.05, 4.69) is 45.6 Å². The van der Waals surface area contributed by atoms with Crippen LogP contribution < -0.4 is 5.73 Å². The smallest absolute Gasteiger partial charge is 0.110 e. The molecule has 0 atom stereocenters. The zero-order valence-electron chi connectivity index (χ0n) is 12.0. The monoisotopic (exact) mass is 335 g/mol. The summed E-state index contributed by atoms with van der Waals surface area (Å²) in [6, 6.07) is 6.38. The second-order valence-electron chi connectivity index (χ2n) is 6.05. The van der Waals surface area contributed by atoms with Crippen LogP contribution in [0.25, 0.3) is 11.0 Å². The molecule has 0 saturated heterocycles. The zero-order valence-corrected chi connectivity index (χ0v) is 13.6. The fraction of sp³-hybridized carbons (Fsp3) is 0.562. The van der Waals surface area contributed by atoms with E-state index < -0.39 is 0 Å². The fourth-order valence-corrected chi connectivity index (χ4v) is 3.58. The van der Waals surface area contributed by atoms with Crippen LogP contribution in [0.5, 0.6) is 0 Å². The maximum absolute atomic E-state index is 6.01. The van der Waals surface area contributed by atoms with Gasteiger partial charge in [-0.15, -0.1) is 0 Å². The van der Waals surface area contributed by atoms with Crippen LogP contribution in [0.3, 0.4) is 0 Å². The second kappa shape index (κ2) is 5.49. The molecule has 3 nitrogen and oxygen atoms in total. The third-order valence-corrected chi connectivity index (χ3v) is 5.11. The van der Waals surface area contributed by atoms with Crippen molar-refractivity contribution in [3.63, 3.8) is 0 Å². The van der Waals surface area contributed by atoms with Crippen molar-refractivity contribution < 1.29 is 0 Å². The first kappa shape index (κ1) is 14.1. The Morgan fingerprint density at radius 3 is 2.80 bits per heavy atom. The van der Waals surface area contributed by atoms with Gasteiger partial charge in [-0.25, -0.2) is 4.98 Å². The van der Waals surface area contributed by atoms with Gasteiger partial charge in [0.1, 0.15) is 5.82 Å².